The van der Waals surface area contributed by atoms with Gasteiger partial charge in [0.1, 0.15) is 0 Å². The Morgan fingerprint density at radius 1 is 1.32 bits per heavy atom. The number of hydrogen-bond acceptors (Lipinski definition) is 6. The summed E-state index contributed by atoms with van der Waals surface area (Å²) < 4.78 is 30.2. The SMILES string of the molecule is COc1ccc(N2CCN(C(=O)[C@@H](CC(C)C)[C@@H]3OC(C)(C)OC3=O)[C@H](C)C2)cc1F. The number of amides is 1. The van der Waals surface area contributed by atoms with Crippen molar-refractivity contribution in [2.75, 3.05) is 31.6 Å². The van der Waals surface area contributed by atoms with Crippen LogP contribution in [0.4, 0.5) is 10.1 Å². The number of benzene rings is 1. The molecule has 0 saturated carbocycles. The molecular weight excluding hydrogens is 403 g/mol. The van der Waals surface area contributed by atoms with Crippen molar-refractivity contribution < 1.29 is 28.2 Å². The number of nitrogens with zero attached hydrogens (tertiary/aromatic N) is 2. The predicted octanol–water partition coefficient (Wildman–Crippen LogP) is 3.21. The molecule has 2 aliphatic heterocycles. The van der Waals surface area contributed by atoms with Gasteiger partial charge in [-0.15, -0.1) is 0 Å². The van der Waals surface area contributed by atoms with Crippen molar-refractivity contribution in [1.82, 2.24) is 4.90 Å². The van der Waals surface area contributed by atoms with Crippen LogP contribution in [0.5, 0.6) is 5.75 Å². The fourth-order valence-electron chi connectivity index (χ4n) is 4.37. The summed E-state index contributed by atoms with van der Waals surface area (Å²) >= 11 is 0. The van der Waals surface area contributed by atoms with E-state index in [2.05, 4.69) is 4.90 Å². The molecule has 3 atom stereocenters. The zero-order valence-corrected chi connectivity index (χ0v) is 19.2. The van der Waals surface area contributed by atoms with E-state index in [0.29, 0.717) is 26.1 Å². The quantitative estimate of drug-likeness (QED) is 0.638. The second-order valence-electron chi connectivity index (χ2n) is 9.24. The molecule has 2 saturated heterocycles. The van der Waals surface area contributed by atoms with E-state index in [-0.39, 0.29) is 23.6 Å². The van der Waals surface area contributed by atoms with E-state index in [1.807, 2.05) is 31.7 Å². The molecule has 0 unspecified atom stereocenters. The summed E-state index contributed by atoms with van der Waals surface area (Å²) in [6.45, 7) is 11.0. The standard InChI is InChI=1S/C23H33FN2O5/c1-14(2)11-17(20-22(28)31-23(4,5)30-20)21(27)26-10-9-25(13-15(26)3)16-7-8-19(29-6)18(24)12-16/h7-8,12,14-15,17,20H,9-11,13H2,1-6H3/t15-,17+,20+/m1/s1. The molecule has 2 aliphatic rings. The summed E-state index contributed by atoms with van der Waals surface area (Å²) in [6.07, 6.45) is -0.364. The molecule has 0 spiro atoms. The second-order valence-corrected chi connectivity index (χ2v) is 9.24. The van der Waals surface area contributed by atoms with Crippen molar-refractivity contribution >= 4 is 17.6 Å². The summed E-state index contributed by atoms with van der Waals surface area (Å²) in [4.78, 5) is 29.8. The van der Waals surface area contributed by atoms with Crippen LogP contribution in [0.2, 0.25) is 0 Å². The van der Waals surface area contributed by atoms with Gasteiger partial charge < -0.3 is 24.0 Å². The fourth-order valence-corrected chi connectivity index (χ4v) is 4.37. The van der Waals surface area contributed by atoms with E-state index in [1.54, 1.807) is 19.9 Å². The second kappa shape index (κ2) is 9.02. The topological polar surface area (TPSA) is 68.3 Å². The minimum atomic E-state index is -1.03. The van der Waals surface area contributed by atoms with E-state index in [0.717, 1.165) is 5.69 Å². The maximum absolute atomic E-state index is 14.1. The number of piperazine rings is 1. The number of hydrogen-bond donors (Lipinski definition) is 0. The third-order valence-electron chi connectivity index (χ3n) is 5.81. The molecule has 7 nitrogen and oxygen atoms in total. The number of anilines is 1. The smallest absolute Gasteiger partial charge is 0.338 e. The van der Waals surface area contributed by atoms with Crippen LogP contribution in [0.1, 0.15) is 41.0 Å². The molecule has 1 amide bonds. The van der Waals surface area contributed by atoms with Crippen molar-refractivity contribution in [3.63, 3.8) is 0 Å². The first-order chi connectivity index (χ1) is 14.5. The molecule has 1 aromatic rings. The summed E-state index contributed by atoms with van der Waals surface area (Å²) in [5.41, 5.74) is 0.750. The van der Waals surface area contributed by atoms with Crippen molar-refractivity contribution in [3.8, 4) is 5.75 Å². The van der Waals surface area contributed by atoms with Gasteiger partial charge in [-0.1, -0.05) is 13.8 Å². The van der Waals surface area contributed by atoms with Gasteiger partial charge in [-0.05, 0) is 31.4 Å². The van der Waals surface area contributed by atoms with Gasteiger partial charge in [-0.2, -0.15) is 0 Å². The Labute approximate surface area is 183 Å². The van der Waals surface area contributed by atoms with Gasteiger partial charge in [-0.3, -0.25) is 4.79 Å². The number of carbonyl (C=O) groups excluding carboxylic acids is 2. The normalized spacial score (nSPS) is 24.3. The minimum Gasteiger partial charge on any atom is -0.494 e. The highest BCUT2D eigenvalue weighted by Gasteiger charge is 2.49. The number of esters is 1. The van der Waals surface area contributed by atoms with Crippen molar-refractivity contribution in [1.29, 1.82) is 0 Å². The van der Waals surface area contributed by atoms with Crippen LogP contribution in [-0.2, 0) is 19.1 Å². The summed E-state index contributed by atoms with van der Waals surface area (Å²) in [6, 6.07) is 4.77. The molecule has 0 aliphatic carbocycles. The van der Waals surface area contributed by atoms with Crippen molar-refractivity contribution in [2.24, 2.45) is 11.8 Å². The zero-order valence-electron chi connectivity index (χ0n) is 19.2. The predicted molar refractivity (Wildman–Crippen MR) is 114 cm³/mol. The first-order valence-electron chi connectivity index (χ1n) is 10.8. The lowest BCUT2D eigenvalue weighted by molar-refractivity contribution is -0.163. The van der Waals surface area contributed by atoms with Crippen LogP contribution in [0.3, 0.4) is 0 Å². The van der Waals surface area contributed by atoms with E-state index < -0.39 is 29.6 Å². The molecule has 1 aromatic carbocycles. The number of methoxy groups -OCH3 is 1. The van der Waals surface area contributed by atoms with Crippen LogP contribution in [0.25, 0.3) is 0 Å². The maximum atomic E-state index is 14.1. The highest BCUT2D eigenvalue weighted by molar-refractivity contribution is 5.88. The number of halogens is 1. The van der Waals surface area contributed by atoms with Gasteiger partial charge in [0.25, 0.3) is 0 Å². The Morgan fingerprint density at radius 2 is 2.03 bits per heavy atom. The van der Waals surface area contributed by atoms with Crippen molar-refractivity contribution in [2.45, 2.75) is 59.0 Å². The molecule has 0 radical (unpaired) electrons. The van der Waals surface area contributed by atoms with Crippen LogP contribution >= 0.6 is 0 Å². The minimum absolute atomic E-state index is 0.0959. The average Bonchev–Trinajstić information content (AvgIpc) is 2.97. The number of ether oxygens (including phenoxy) is 3. The van der Waals surface area contributed by atoms with Crippen LogP contribution in [-0.4, -0.2) is 61.5 Å². The molecule has 2 heterocycles. The molecule has 0 aromatic heterocycles. The lowest BCUT2D eigenvalue weighted by atomic mass is 9.90. The molecule has 172 valence electrons. The molecule has 2 fully saturated rings. The van der Waals surface area contributed by atoms with E-state index in [9.17, 15) is 14.0 Å². The number of cyclic esters (lactones) is 1. The molecule has 31 heavy (non-hydrogen) atoms. The Kier molecular flexibility index (Phi) is 6.79. The first-order valence-corrected chi connectivity index (χ1v) is 10.8. The monoisotopic (exact) mass is 436 g/mol. The Hall–Kier alpha value is -2.35. The highest BCUT2D eigenvalue weighted by atomic mass is 19.1. The van der Waals surface area contributed by atoms with E-state index >= 15 is 0 Å². The Morgan fingerprint density at radius 3 is 2.55 bits per heavy atom. The van der Waals surface area contributed by atoms with Gasteiger partial charge >= 0.3 is 5.97 Å². The zero-order chi connectivity index (χ0) is 22.9. The molecule has 0 bridgehead atoms. The van der Waals surface area contributed by atoms with Gasteiger partial charge in [0.15, 0.2) is 17.7 Å². The number of carbonyl (C=O) groups is 2. The number of rotatable bonds is 6. The Bertz CT molecular complexity index is 828. The lowest BCUT2D eigenvalue weighted by Gasteiger charge is -2.42. The van der Waals surface area contributed by atoms with Gasteiger partial charge in [-0.25, -0.2) is 9.18 Å². The van der Waals surface area contributed by atoms with Crippen LogP contribution < -0.4 is 9.64 Å². The van der Waals surface area contributed by atoms with Gasteiger partial charge in [0.05, 0.1) is 13.0 Å². The van der Waals surface area contributed by atoms with Crippen LogP contribution in [0, 0.1) is 17.7 Å². The van der Waals surface area contributed by atoms with Gasteiger partial charge in [0, 0.05) is 51.3 Å². The highest BCUT2D eigenvalue weighted by Crippen LogP contribution is 2.33. The molecular formula is C23H33FN2O5. The summed E-state index contributed by atoms with van der Waals surface area (Å²) in [5, 5.41) is 0. The molecule has 3 rings (SSSR count). The molecule has 8 heteroatoms. The third-order valence-corrected chi connectivity index (χ3v) is 5.81. The Balaban J connectivity index is 1.73. The maximum Gasteiger partial charge on any atom is 0.338 e. The van der Waals surface area contributed by atoms with E-state index in [4.69, 9.17) is 14.2 Å². The summed E-state index contributed by atoms with van der Waals surface area (Å²) in [5.74, 6) is -2.20. The summed E-state index contributed by atoms with van der Waals surface area (Å²) in [7, 11) is 1.43. The van der Waals surface area contributed by atoms with Gasteiger partial charge in [0.2, 0.25) is 11.7 Å². The van der Waals surface area contributed by atoms with E-state index in [1.165, 1.54) is 13.2 Å². The third kappa shape index (κ3) is 5.11. The lowest BCUT2D eigenvalue weighted by Crippen LogP contribution is -2.57. The first kappa shape index (κ1) is 23.3. The largest absolute Gasteiger partial charge is 0.494 e. The molecule has 0 N–H and O–H groups in total. The average molecular weight is 437 g/mol. The van der Waals surface area contributed by atoms with Crippen LogP contribution in [0.15, 0.2) is 18.2 Å². The fraction of sp³-hybridized carbons (Fsp3) is 0.652. The van der Waals surface area contributed by atoms with Crippen molar-refractivity contribution in [3.05, 3.63) is 24.0 Å².